The largest absolute Gasteiger partial charge is 0.508 e. The first-order valence-corrected chi connectivity index (χ1v) is 6.01. The molecule has 2 N–H and O–H groups in total. The summed E-state index contributed by atoms with van der Waals surface area (Å²) in [4.78, 5) is 0.223. The van der Waals surface area contributed by atoms with E-state index in [1.54, 1.807) is 7.05 Å². The van der Waals surface area contributed by atoms with E-state index in [1.165, 1.54) is 18.2 Å². The first-order valence-electron chi connectivity index (χ1n) is 4.11. The second-order valence-corrected chi connectivity index (χ2v) is 5.11. The van der Waals surface area contributed by atoms with Gasteiger partial charge in [-0.05, 0) is 25.2 Å². The Morgan fingerprint density at radius 2 is 2.07 bits per heavy atom. The van der Waals surface area contributed by atoms with Crippen LogP contribution in [0.4, 0.5) is 0 Å². The minimum Gasteiger partial charge on any atom is -0.508 e. The van der Waals surface area contributed by atoms with Gasteiger partial charge in [0.05, 0.1) is 4.90 Å². The van der Waals surface area contributed by atoms with Crippen LogP contribution in [0.25, 0.3) is 0 Å². The summed E-state index contributed by atoms with van der Waals surface area (Å²) in [7, 11) is -1.47. The standard InChI is InChI=1S/C9H13NO3S/c1-10-6-7-5-8(14(2,12)13)3-4-9(7)11/h3-5,10-11H,6H2,1-2H3. The highest BCUT2D eigenvalue weighted by Gasteiger charge is 2.09. The molecule has 0 aliphatic carbocycles. The van der Waals surface area contributed by atoms with E-state index in [9.17, 15) is 13.5 Å². The van der Waals surface area contributed by atoms with Crippen LogP contribution in [0.1, 0.15) is 5.56 Å². The number of hydrogen-bond donors (Lipinski definition) is 2. The first-order chi connectivity index (χ1) is 6.45. The molecule has 0 radical (unpaired) electrons. The van der Waals surface area contributed by atoms with Crippen molar-refractivity contribution in [2.24, 2.45) is 0 Å². The third-order valence-electron chi connectivity index (χ3n) is 1.85. The monoisotopic (exact) mass is 215 g/mol. The van der Waals surface area contributed by atoms with Crippen molar-refractivity contribution in [3.05, 3.63) is 23.8 Å². The van der Waals surface area contributed by atoms with Crippen LogP contribution in [0.15, 0.2) is 23.1 Å². The molecule has 0 spiro atoms. The Hall–Kier alpha value is -1.07. The van der Waals surface area contributed by atoms with Gasteiger partial charge in [0.1, 0.15) is 5.75 Å². The molecule has 0 heterocycles. The van der Waals surface area contributed by atoms with Crippen molar-refractivity contribution in [3.8, 4) is 5.75 Å². The summed E-state index contributed by atoms with van der Waals surface area (Å²) in [6, 6.07) is 4.26. The number of sulfone groups is 1. The first kappa shape index (κ1) is 11.0. The van der Waals surface area contributed by atoms with E-state index in [-0.39, 0.29) is 10.6 Å². The Kier molecular flexibility index (Phi) is 3.13. The minimum atomic E-state index is -3.20. The van der Waals surface area contributed by atoms with Crippen molar-refractivity contribution in [1.29, 1.82) is 0 Å². The Balaban J connectivity index is 3.20. The van der Waals surface area contributed by atoms with E-state index in [0.29, 0.717) is 12.1 Å². The lowest BCUT2D eigenvalue weighted by molar-refractivity contribution is 0.465. The molecule has 1 rings (SSSR count). The second kappa shape index (κ2) is 3.98. The predicted octanol–water partition coefficient (Wildman–Crippen LogP) is 0.515. The van der Waals surface area contributed by atoms with E-state index in [0.717, 1.165) is 6.26 Å². The van der Waals surface area contributed by atoms with E-state index >= 15 is 0 Å². The fourth-order valence-corrected chi connectivity index (χ4v) is 1.80. The summed E-state index contributed by atoms with van der Waals surface area (Å²) in [5, 5.41) is 12.2. The molecular weight excluding hydrogens is 202 g/mol. The molecule has 4 nitrogen and oxygen atoms in total. The molecule has 0 aliphatic rings. The van der Waals surface area contributed by atoms with Gasteiger partial charge >= 0.3 is 0 Å². The van der Waals surface area contributed by atoms with Crippen LogP contribution in [-0.2, 0) is 16.4 Å². The average molecular weight is 215 g/mol. The number of hydrogen-bond acceptors (Lipinski definition) is 4. The van der Waals surface area contributed by atoms with Gasteiger partial charge in [-0.2, -0.15) is 0 Å². The van der Waals surface area contributed by atoms with E-state index in [4.69, 9.17) is 0 Å². The molecule has 0 aromatic heterocycles. The van der Waals surface area contributed by atoms with Gasteiger partial charge in [0.15, 0.2) is 9.84 Å². The number of nitrogens with one attached hydrogen (secondary N) is 1. The Labute approximate surface area is 83.5 Å². The summed E-state index contributed by atoms with van der Waals surface area (Å²) in [5.74, 6) is 0.103. The van der Waals surface area contributed by atoms with Crippen molar-refractivity contribution in [2.75, 3.05) is 13.3 Å². The van der Waals surface area contributed by atoms with Crippen LogP contribution >= 0.6 is 0 Å². The summed E-state index contributed by atoms with van der Waals surface area (Å²) < 4.78 is 22.4. The van der Waals surface area contributed by atoms with E-state index < -0.39 is 9.84 Å². The number of rotatable bonds is 3. The summed E-state index contributed by atoms with van der Waals surface area (Å²) in [6.07, 6.45) is 1.14. The van der Waals surface area contributed by atoms with Crippen molar-refractivity contribution in [2.45, 2.75) is 11.4 Å². The maximum atomic E-state index is 11.2. The molecule has 0 bridgehead atoms. The molecule has 0 aliphatic heterocycles. The zero-order chi connectivity index (χ0) is 10.8. The third kappa shape index (κ3) is 2.46. The highest BCUT2D eigenvalue weighted by atomic mass is 32.2. The lowest BCUT2D eigenvalue weighted by Gasteiger charge is -2.05. The molecule has 5 heteroatoms. The van der Waals surface area contributed by atoms with Gasteiger partial charge in [-0.1, -0.05) is 0 Å². The Morgan fingerprint density at radius 1 is 1.43 bits per heavy atom. The van der Waals surface area contributed by atoms with E-state index in [2.05, 4.69) is 5.32 Å². The highest BCUT2D eigenvalue weighted by molar-refractivity contribution is 7.90. The predicted molar refractivity (Wildman–Crippen MR) is 54.0 cm³/mol. The Morgan fingerprint density at radius 3 is 2.57 bits per heavy atom. The summed E-state index contributed by atoms with van der Waals surface area (Å²) >= 11 is 0. The molecule has 0 amide bonds. The number of benzene rings is 1. The van der Waals surface area contributed by atoms with Crippen LogP contribution in [0.3, 0.4) is 0 Å². The molecule has 0 atom stereocenters. The molecule has 78 valence electrons. The van der Waals surface area contributed by atoms with Crippen molar-refractivity contribution in [3.63, 3.8) is 0 Å². The number of phenols is 1. The van der Waals surface area contributed by atoms with Gasteiger partial charge in [0.2, 0.25) is 0 Å². The summed E-state index contributed by atoms with van der Waals surface area (Å²) in [5.41, 5.74) is 0.579. The maximum Gasteiger partial charge on any atom is 0.175 e. The molecule has 14 heavy (non-hydrogen) atoms. The van der Waals surface area contributed by atoms with Crippen molar-refractivity contribution in [1.82, 2.24) is 5.32 Å². The molecule has 0 fully saturated rings. The molecule has 1 aromatic carbocycles. The lowest BCUT2D eigenvalue weighted by atomic mass is 10.2. The summed E-state index contributed by atoms with van der Waals surface area (Å²) in [6.45, 7) is 0.440. The lowest BCUT2D eigenvalue weighted by Crippen LogP contribution is -2.06. The van der Waals surface area contributed by atoms with Gasteiger partial charge in [-0.3, -0.25) is 0 Å². The second-order valence-electron chi connectivity index (χ2n) is 3.09. The third-order valence-corrected chi connectivity index (χ3v) is 2.96. The normalized spacial score (nSPS) is 11.6. The molecular formula is C9H13NO3S. The van der Waals surface area contributed by atoms with Gasteiger partial charge < -0.3 is 10.4 Å². The zero-order valence-corrected chi connectivity index (χ0v) is 8.93. The fraction of sp³-hybridized carbons (Fsp3) is 0.333. The topological polar surface area (TPSA) is 66.4 Å². The Bertz CT molecular complexity index is 426. The van der Waals surface area contributed by atoms with Gasteiger partial charge in [-0.15, -0.1) is 0 Å². The molecule has 0 unspecified atom stereocenters. The highest BCUT2D eigenvalue weighted by Crippen LogP contribution is 2.20. The van der Waals surface area contributed by atoms with Gasteiger partial charge in [0, 0.05) is 18.4 Å². The molecule has 1 aromatic rings. The van der Waals surface area contributed by atoms with Crippen LogP contribution in [0.2, 0.25) is 0 Å². The zero-order valence-electron chi connectivity index (χ0n) is 8.11. The fourth-order valence-electron chi connectivity index (χ4n) is 1.12. The molecule has 0 saturated heterocycles. The van der Waals surface area contributed by atoms with Crippen LogP contribution in [0.5, 0.6) is 5.75 Å². The average Bonchev–Trinajstić information content (AvgIpc) is 2.07. The SMILES string of the molecule is CNCc1cc(S(C)(=O)=O)ccc1O. The maximum absolute atomic E-state index is 11.2. The van der Waals surface area contributed by atoms with Crippen LogP contribution < -0.4 is 5.32 Å². The van der Waals surface area contributed by atoms with Crippen molar-refractivity contribution >= 4 is 9.84 Å². The smallest absolute Gasteiger partial charge is 0.175 e. The number of aromatic hydroxyl groups is 1. The molecule has 0 saturated carbocycles. The van der Waals surface area contributed by atoms with Crippen molar-refractivity contribution < 1.29 is 13.5 Å². The minimum absolute atomic E-state index is 0.103. The van der Waals surface area contributed by atoms with Gasteiger partial charge in [0.25, 0.3) is 0 Å². The van der Waals surface area contributed by atoms with Crippen LogP contribution in [0, 0.1) is 0 Å². The van der Waals surface area contributed by atoms with Crippen LogP contribution in [-0.4, -0.2) is 26.8 Å². The number of phenolic OH excluding ortho intramolecular Hbond substituents is 1. The van der Waals surface area contributed by atoms with E-state index in [1.807, 2.05) is 0 Å². The quantitative estimate of drug-likeness (QED) is 0.771. The van der Waals surface area contributed by atoms with Gasteiger partial charge in [-0.25, -0.2) is 8.42 Å².